The van der Waals surface area contributed by atoms with Crippen molar-refractivity contribution in [2.24, 2.45) is 0 Å². The molecule has 142 valence electrons. The molecule has 0 radical (unpaired) electrons. The fraction of sp³-hybridized carbons (Fsp3) is 0.227. The lowest BCUT2D eigenvalue weighted by Gasteiger charge is -2.40. The summed E-state index contributed by atoms with van der Waals surface area (Å²) in [6.45, 7) is 4.56. The van der Waals surface area contributed by atoms with E-state index in [-0.39, 0.29) is 24.4 Å². The highest BCUT2D eigenvalue weighted by Gasteiger charge is 2.34. The molecule has 0 unspecified atom stereocenters. The first-order valence-electron chi connectivity index (χ1n) is 9.30. The zero-order valence-electron chi connectivity index (χ0n) is 15.9. The number of hydrogen-bond donors (Lipinski definition) is 0. The maximum absolute atomic E-state index is 12.9. The van der Waals surface area contributed by atoms with Crippen LogP contribution < -0.4 is 4.90 Å². The van der Waals surface area contributed by atoms with Crippen LogP contribution in [0.25, 0.3) is 5.69 Å². The number of piperazine rings is 1. The van der Waals surface area contributed by atoms with Gasteiger partial charge in [0.05, 0.1) is 12.4 Å². The van der Waals surface area contributed by atoms with E-state index in [1.54, 1.807) is 34.5 Å². The van der Waals surface area contributed by atoms with Crippen LogP contribution in [0.2, 0.25) is 0 Å². The summed E-state index contributed by atoms with van der Waals surface area (Å²) in [5.74, 6) is -0.182. The van der Waals surface area contributed by atoms with Crippen LogP contribution in [0.4, 0.5) is 5.69 Å². The first-order chi connectivity index (χ1) is 13.5. The third-order valence-corrected chi connectivity index (χ3v) is 5.10. The summed E-state index contributed by atoms with van der Waals surface area (Å²) in [7, 11) is 0. The number of amides is 2. The molecule has 6 nitrogen and oxygen atoms in total. The van der Waals surface area contributed by atoms with E-state index in [2.05, 4.69) is 4.98 Å². The first-order valence-corrected chi connectivity index (χ1v) is 9.30. The highest BCUT2D eigenvalue weighted by Crippen LogP contribution is 2.25. The van der Waals surface area contributed by atoms with E-state index in [0.29, 0.717) is 12.1 Å². The Morgan fingerprint density at radius 3 is 2.50 bits per heavy atom. The molecule has 0 spiro atoms. The quantitative estimate of drug-likeness (QED) is 0.708. The van der Waals surface area contributed by atoms with Gasteiger partial charge in [0.25, 0.3) is 5.91 Å². The van der Waals surface area contributed by atoms with Crippen LogP contribution in [0.1, 0.15) is 22.8 Å². The molecule has 0 bridgehead atoms. The Morgan fingerprint density at radius 1 is 1.11 bits per heavy atom. The van der Waals surface area contributed by atoms with Crippen LogP contribution in [0.5, 0.6) is 0 Å². The van der Waals surface area contributed by atoms with Gasteiger partial charge in [0.2, 0.25) is 5.91 Å². The van der Waals surface area contributed by atoms with Crippen molar-refractivity contribution in [1.29, 1.82) is 0 Å². The molecule has 1 aromatic heterocycles. The Balaban J connectivity index is 1.51. The third-order valence-electron chi connectivity index (χ3n) is 5.10. The molecule has 28 heavy (non-hydrogen) atoms. The van der Waals surface area contributed by atoms with Gasteiger partial charge in [0, 0.05) is 35.9 Å². The first kappa shape index (κ1) is 18.0. The van der Waals surface area contributed by atoms with Crippen molar-refractivity contribution in [1.82, 2.24) is 14.5 Å². The second-order valence-corrected chi connectivity index (χ2v) is 7.10. The van der Waals surface area contributed by atoms with Crippen LogP contribution >= 0.6 is 0 Å². The SMILES string of the molecule is Cc1ccccc1N1C(=O)CN(C(=O)c2ccc(-n3ccnc3)cc2)C[C@@H]1C. The number of carbonyl (C=O) groups is 2. The predicted molar refractivity (Wildman–Crippen MR) is 108 cm³/mol. The van der Waals surface area contributed by atoms with Crippen molar-refractivity contribution < 1.29 is 9.59 Å². The topological polar surface area (TPSA) is 58.4 Å². The van der Waals surface area contributed by atoms with Crippen molar-refractivity contribution >= 4 is 17.5 Å². The average molecular weight is 374 g/mol. The Bertz CT molecular complexity index is 996. The molecule has 1 atom stereocenters. The Kier molecular flexibility index (Phi) is 4.69. The molecule has 1 aliphatic rings. The van der Waals surface area contributed by atoms with E-state index in [9.17, 15) is 9.59 Å². The van der Waals surface area contributed by atoms with Crippen LogP contribution in [-0.2, 0) is 4.79 Å². The summed E-state index contributed by atoms with van der Waals surface area (Å²) in [5.41, 5.74) is 3.48. The van der Waals surface area contributed by atoms with E-state index >= 15 is 0 Å². The van der Waals surface area contributed by atoms with Gasteiger partial charge in [0.1, 0.15) is 6.54 Å². The number of imidazole rings is 1. The van der Waals surface area contributed by atoms with E-state index < -0.39 is 0 Å². The molecular weight excluding hydrogens is 352 g/mol. The van der Waals surface area contributed by atoms with E-state index in [0.717, 1.165) is 16.9 Å². The summed E-state index contributed by atoms with van der Waals surface area (Å²) in [6, 6.07) is 15.1. The standard InChI is InChI=1S/C22H22N4O2/c1-16-5-3-4-6-20(16)26-17(2)13-25(14-21(26)27)22(28)18-7-9-19(10-8-18)24-12-11-23-15-24/h3-12,15,17H,13-14H2,1-2H3/t17-/m0/s1. The molecule has 2 aromatic carbocycles. The zero-order chi connectivity index (χ0) is 19.7. The lowest BCUT2D eigenvalue weighted by molar-refractivity contribution is -0.121. The second-order valence-electron chi connectivity index (χ2n) is 7.10. The molecule has 1 aliphatic heterocycles. The summed E-state index contributed by atoms with van der Waals surface area (Å²) >= 11 is 0. The van der Waals surface area contributed by atoms with Crippen LogP contribution in [0.3, 0.4) is 0 Å². The predicted octanol–water partition coefficient (Wildman–Crippen LogP) is 3.06. The van der Waals surface area contributed by atoms with Gasteiger partial charge in [-0.2, -0.15) is 0 Å². The molecule has 0 saturated carbocycles. The monoisotopic (exact) mass is 374 g/mol. The van der Waals surface area contributed by atoms with Crippen LogP contribution in [0.15, 0.2) is 67.3 Å². The van der Waals surface area contributed by atoms with E-state index in [1.807, 2.05) is 61.0 Å². The lowest BCUT2D eigenvalue weighted by Crippen LogP contribution is -2.57. The average Bonchev–Trinajstić information content (AvgIpc) is 3.23. The van der Waals surface area contributed by atoms with Gasteiger partial charge in [0.15, 0.2) is 0 Å². The van der Waals surface area contributed by atoms with Gasteiger partial charge in [-0.05, 0) is 49.7 Å². The number of benzene rings is 2. The van der Waals surface area contributed by atoms with E-state index in [1.165, 1.54) is 0 Å². The molecule has 2 heterocycles. The Labute approximate surface area is 164 Å². The largest absolute Gasteiger partial charge is 0.327 e. The number of rotatable bonds is 3. The Morgan fingerprint density at radius 2 is 1.86 bits per heavy atom. The molecule has 4 rings (SSSR count). The van der Waals surface area contributed by atoms with Gasteiger partial charge in [-0.1, -0.05) is 18.2 Å². The summed E-state index contributed by atoms with van der Waals surface area (Å²) in [6.07, 6.45) is 5.27. The number of para-hydroxylation sites is 1. The second kappa shape index (κ2) is 7.31. The molecular formula is C22H22N4O2. The number of hydrogen-bond acceptors (Lipinski definition) is 3. The molecule has 2 amide bonds. The van der Waals surface area contributed by atoms with Crippen molar-refractivity contribution in [2.45, 2.75) is 19.9 Å². The number of aryl methyl sites for hydroxylation is 1. The molecule has 0 aliphatic carbocycles. The molecule has 1 fully saturated rings. The van der Waals surface area contributed by atoms with Crippen LogP contribution in [-0.4, -0.2) is 45.4 Å². The minimum absolute atomic E-state index is 0.0589. The minimum atomic E-state index is -0.123. The van der Waals surface area contributed by atoms with Crippen molar-refractivity contribution in [3.8, 4) is 5.69 Å². The van der Waals surface area contributed by atoms with Gasteiger partial charge in [-0.3, -0.25) is 9.59 Å². The van der Waals surface area contributed by atoms with Crippen molar-refractivity contribution in [3.63, 3.8) is 0 Å². The molecule has 3 aromatic rings. The molecule has 0 N–H and O–H groups in total. The number of aromatic nitrogens is 2. The molecule has 6 heteroatoms. The van der Waals surface area contributed by atoms with Gasteiger partial charge >= 0.3 is 0 Å². The van der Waals surface area contributed by atoms with Gasteiger partial charge < -0.3 is 14.4 Å². The Hall–Kier alpha value is -3.41. The smallest absolute Gasteiger partial charge is 0.254 e. The van der Waals surface area contributed by atoms with E-state index in [4.69, 9.17) is 0 Å². The minimum Gasteiger partial charge on any atom is -0.327 e. The van der Waals surface area contributed by atoms with Crippen molar-refractivity contribution in [2.75, 3.05) is 18.0 Å². The normalized spacial score (nSPS) is 17.1. The summed E-state index contributed by atoms with van der Waals surface area (Å²) < 4.78 is 1.88. The highest BCUT2D eigenvalue weighted by molar-refractivity contribution is 6.02. The molecule has 1 saturated heterocycles. The maximum Gasteiger partial charge on any atom is 0.254 e. The zero-order valence-corrected chi connectivity index (χ0v) is 15.9. The lowest BCUT2D eigenvalue weighted by atomic mass is 10.1. The van der Waals surface area contributed by atoms with Crippen molar-refractivity contribution in [3.05, 3.63) is 78.4 Å². The third kappa shape index (κ3) is 3.29. The number of nitrogens with zero attached hydrogens (tertiary/aromatic N) is 4. The maximum atomic E-state index is 12.9. The number of carbonyl (C=O) groups excluding carboxylic acids is 2. The fourth-order valence-electron chi connectivity index (χ4n) is 3.68. The fourth-order valence-corrected chi connectivity index (χ4v) is 3.68. The number of anilines is 1. The highest BCUT2D eigenvalue weighted by atomic mass is 16.2. The van der Waals surface area contributed by atoms with Gasteiger partial charge in [-0.15, -0.1) is 0 Å². The summed E-state index contributed by atoms with van der Waals surface area (Å²) in [5, 5.41) is 0. The van der Waals surface area contributed by atoms with Crippen LogP contribution in [0, 0.1) is 6.92 Å². The summed E-state index contributed by atoms with van der Waals surface area (Å²) in [4.78, 5) is 33.2. The van der Waals surface area contributed by atoms with Gasteiger partial charge in [-0.25, -0.2) is 4.98 Å².